The molecule has 0 aromatic rings. The van der Waals surface area contributed by atoms with Gasteiger partial charge >= 0.3 is 0 Å². The second-order valence-corrected chi connectivity index (χ2v) is 7.11. The van der Waals surface area contributed by atoms with Crippen molar-refractivity contribution in [3.8, 4) is 0 Å². The lowest BCUT2D eigenvalue weighted by Crippen LogP contribution is -2.54. The third kappa shape index (κ3) is 3.36. The molecule has 3 heteroatoms. The molecular formula is C12H24N2S. The highest BCUT2D eigenvalue weighted by atomic mass is 32.2. The van der Waals surface area contributed by atoms with Crippen molar-refractivity contribution in [2.24, 2.45) is 5.92 Å². The summed E-state index contributed by atoms with van der Waals surface area (Å²) in [5, 5.41) is 3.67. The molecule has 1 aliphatic carbocycles. The van der Waals surface area contributed by atoms with Gasteiger partial charge in [0.15, 0.2) is 0 Å². The highest BCUT2D eigenvalue weighted by Gasteiger charge is 2.35. The molecule has 0 radical (unpaired) electrons. The van der Waals surface area contributed by atoms with E-state index >= 15 is 0 Å². The van der Waals surface area contributed by atoms with Crippen LogP contribution in [0.5, 0.6) is 0 Å². The van der Waals surface area contributed by atoms with E-state index in [2.05, 4.69) is 30.3 Å². The summed E-state index contributed by atoms with van der Waals surface area (Å²) in [4.78, 5) is 2.65. The van der Waals surface area contributed by atoms with Crippen molar-refractivity contribution in [3.63, 3.8) is 0 Å². The standard InChI is InChI=1S/C12H24N2S/c1-12(2,15-3)9-14-7-6-13-11(8-14)10-4-5-10/h10-11,13H,4-9H2,1-3H3. The average Bonchev–Trinajstić information content (AvgIpc) is 3.01. The Balaban J connectivity index is 1.81. The third-order valence-electron chi connectivity index (χ3n) is 3.64. The lowest BCUT2D eigenvalue weighted by Gasteiger charge is -2.38. The van der Waals surface area contributed by atoms with Gasteiger partial charge in [-0.1, -0.05) is 0 Å². The third-order valence-corrected chi connectivity index (χ3v) is 4.87. The summed E-state index contributed by atoms with van der Waals surface area (Å²) in [7, 11) is 0. The summed E-state index contributed by atoms with van der Waals surface area (Å²) in [5.74, 6) is 0.991. The fourth-order valence-electron chi connectivity index (χ4n) is 2.40. The summed E-state index contributed by atoms with van der Waals surface area (Å²) >= 11 is 1.98. The zero-order chi connectivity index (χ0) is 10.9. The Labute approximate surface area is 98.2 Å². The molecule has 1 atom stereocenters. The number of hydrogen-bond donors (Lipinski definition) is 1. The quantitative estimate of drug-likeness (QED) is 0.790. The van der Waals surface area contributed by atoms with Gasteiger partial charge < -0.3 is 5.32 Å². The molecular weight excluding hydrogens is 204 g/mol. The summed E-state index contributed by atoms with van der Waals surface area (Å²) in [6.07, 6.45) is 5.13. The highest BCUT2D eigenvalue weighted by molar-refractivity contribution is 7.99. The SMILES string of the molecule is CSC(C)(C)CN1CCNC(C2CC2)C1. The number of piperazine rings is 1. The molecule has 1 N–H and O–H groups in total. The van der Waals surface area contributed by atoms with E-state index in [4.69, 9.17) is 0 Å². The van der Waals surface area contributed by atoms with Crippen LogP contribution >= 0.6 is 11.8 Å². The summed E-state index contributed by atoms with van der Waals surface area (Å²) in [5.41, 5.74) is 0. The predicted octanol–water partition coefficient (Wildman–Crippen LogP) is 1.81. The van der Waals surface area contributed by atoms with Gasteiger partial charge in [0, 0.05) is 37.0 Å². The molecule has 1 saturated carbocycles. The van der Waals surface area contributed by atoms with Crippen molar-refractivity contribution in [2.75, 3.05) is 32.4 Å². The second-order valence-electron chi connectivity index (χ2n) is 5.60. The predicted molar refractivity (Wildman–Crippen MR) is 68.5 cm³/mol. The first-order chi connectivity index (χ1) is 7.11. The first kappa shape index (κ1) is 11.7. The van der Waals surface area contributed by atoms with E-state index in [-0.39, 0.29) is 0 Å². The Morgan fingerprint density at radius 1 is 1.40 bits per heavy atom. The number of rotatable bonds is 4. The maximum Gasteiger partial charge on any atom is 0.0227 e. The van der Waals surface area contributed by atoms with Crippen LogP contribution in [-0.4, -0.2) is 48.1 Å². The topological polar surface area (TPSA) is 15.3 Å². The molecule has 1 aliphatic heterocycles. The summed E-state index contributed by atoms with van der Waals surface area (Å²) in [6, 6.07) is 0.788. The van der Waals surface area contributed by atoms with Gasteiger partial charge in [0.1, 0.15) is 0 Å². The monoisotopic (exact) mass is 228 g/mol. The Kier molecular flexibility index (Phi) is 3.63. The van der Waals surface area contributed by atoms with Gasteiger partial charge in [-0.2, -0.15) is 11.8 Å². The van der Waals surface area contributed by atoms with E-state index in [1.54, 1.807) is 0 Å². The van der Waals surface area contributed by atoms with Gasteiger partial charge in [0.25, 0.3) is 0 Å². The Morgan fingerprint density at radius 2 is 2.13 bits per heavy atom. The van der Waals surface area contributed by atoms with Gasteiger partial charge in [-0.3, -0.25) is 4.90 Å². The molecule has 0 amide bonds. The molecule has 0 aromatic heterocycles. The van der Waals surface area contributed by atoms with Crippen LogP contribution in [0.4, 0.5) is 0 Å². The largest absolute Gasteiger partial charge is 0.311 e. The summed E-state index contributed by atoms with van der Waals surface area (Å²) < 4.78 is 0.408. The molecule has 2 fully saturated rings. The van der Waals surface area contributed by atoms with Crippen LogP contribution in [0.2, 0.25) is 0 Å². The van der Waals surface area contributed by atoms with E-state index in [9.17, 15) is 0 Å². The van der Waals surface area contributed by atoms with Crippen LogP contribution in [0.15, 0.2) is 0 Å². The number of hydrogen-bond acceptors (Lipinski definition) is 3. The fourth-order valence-corrected chi connectivity index (χ4v) is 2.71. The Morgan fingerprint density at radius 3 is 2.73 bits per heavy atom. The smallest absolute Gasteiger partial charge is 0.0227 e. The molecule has 0 bridgehead atoms. The molecule has 1 saturated heterocycles. The Hall–Kier alpha value is 0.270. The summed E-state index contributed by atoms with van der Waals surface area (Å²) in [6.45, 7) is 9.63. The van der Waals surface area contributed by atoms with Crippen molar-refractivity contribution in [1.82, 2.24) is 10.2 Å². The van der Waals surface area contributed by atoms with Gasteiger partial charge in [0.2, 0.25) is 0 Å². The first-order valence-electron chi connectivity index (χ1n) is 6.11. The van der Waals surface area contributed by atoms with Gasteiger partial charge in [-0.25, -0.2) is 0 Å². The average molecular weight is 228 g/mol. The fraction of sp³-hybridized carbons (Fsp3) is 1.00. The molecule has 0 spiro atoms. The minimum atomic E-state index is 0.408. The molecule has 2 aliphatic rings. The lowest BCUT2D eigenvalue weighted by atomic mass is 10.1. The van der Waals surface area contributed by atoms with Crippen LogP contribution in [0, 0.1) is 5.92 Å². The van der Waals surface area contributed by atoms with E-state index < -0.39 is 0 Å². The maximum absolute atomic E-state index is 3.67. The van der Waals surface area contributed by atoms with Crippen molar-refractivity contribution in [3.05, 3.63) is 0 Å². The molecule has 1 unspecified atom stereocenters. The van der Waals surface area contributed by atoms with E-state index in [0.29, 0.717) is 4.75 Å². The van der Waals surface area contributed by atoms with Crippen molar-refractivity contribution >= 4 is 11.8 Å². The first-order valence-corrected chi connectivity index (χ1v) is 7.34. The number of nitrogens with one attached hydrogen (secondary N) is 1. The highest BCUT2D eigenvalue weighted by Crippen LogP contribution is 2.34. The van der Waals surface area contributed by atoms with Crippen LogP contribution in [0.3, 0.4) is 0 Å². The van der Waals surface area contributed by atoms with E-state index in [0.717, 1.165) is 12.0 Å². The zero-order valence-electron chi connectivity index (χ0n) is 10.3. The van der Waals surface area contributed by atoms with Gasteiger partial charge in [-0.05, 0) is 38.9 Å². The van der Waals surface area contributed by atoms with Crippen LogP contribution in [-0.2, 0) is 0 Å². The lowest BCUT2D eigenvalue weighted by molar-refractivity contribution is 0.178. The normalized spacial score (nSPS) is 29.4. The minimum Gasteiger partial charge on any atom is -0.311 e. The van der Waals surface area contributed by atoms with Crippen molar-refractivity contribution in [1.29, 1.82) is 0 Å². The number of nitrogens with zero attached hydrogens (tertiary/aromatic N) is 1. The van der Waals surface area contributed by atoms with Gasteiger partial charge in [0.05, 0.1) is 0 Å². The van der Waals surface area contributed by atoms with E-state index in [1.165, 1.54) is 39.0 Å². The van der Waals surface area contributed by atoms with Crippen LogP contribution in [0.1, 0.15) is 26.7 Å². The Bertz CT molecular complexity index is 214. The molecule has 15 heavy (non-hydrogen) atoms. The molecule has 2 rings (SSSR count). The van der Waals surface area contributed by atoms with Crippen LogP contribution < -0.4 is 5.32 Å². The second kappa shape index (κ2) is 4.64. The minimum absolute atomic E-state index is 0.408. The molecule has 0 aromatic carbocycles. The van der Waals surface area contributed by atoms with Crippen molar-refractivity contribution in [2.45, 2.75) is 37.5 Å². The van der Waals surface area contributed by atoms with Gasteiger partial charge in [-0.15, -0.1) is 0 Å². The van der Waals surface area contributed by atoms with Crippen molar-refractivity contribution < 1.29 is 0 Å². The number of thioether (sulfide) groups is 1. The molecule has 2 nitrogen and oxygen atoms in total. The van der Waals surface area contributed by atoms with E-state index in [1.807, 2.05) is 11.8 Å². The molecule has 88 valence electrons. The molecule has 1 heterocycles. The zero-order valence-corrected chi connectivity index (χ0v) is 11.1. The van der Waals surface area contributed by atoms with Crippen LogP contribution in [0.25, 0.3) is 0 Å². The maximum atomic E-state index is 3.67.